The highest BCUT2D eigenvalue weighted by atomic mass is 16.3. The van der Waals surface area contributed by atoms with Crippen molar-refractivity contribution in [2.45, 2.75) is 19.9 Å². The highest BCUT2D eigenvalue weighted by Crippen LogP contribution is 2.25. The number of benzene rings is 1. The monoisotopic (exact) mass is 201 g/mol. The second-order valence-corrected chi connectivity index (χ2v) is 3.80. The summed E-state index contributed by atoms with van der Waals surface area (Å²) in [6.07, 6.45) is 1.71. The zero-order valence-corrected chi connectivity index (χ0v) is 9.03. The van der Waals surface area contributed by atoms with Crippen LogP contribution in [0.4, 0.5) is 0 Å². The summed E-state index contributed by atoms with van der Waals surface area (Å²) in [5.74, 6) is 0.948. The summed E-state index contributed by atoms with van der Waals surface area (Å²) in [6, 6.07) is 10.4. The Bertz CT molecular complexity index is 440. The summed E-state index contributed by atoms with van der Waals surface area (Å²) in [5.41, 5.74) is 9.26. The lowest BCUT2D eigenvalue weighted by Crippen LogP contribution is -2.04. The van der Waals surface area contributed by atoms with Crippen LogP contribution in [0.1, 0.15) is 24.3 Å². The molecule has 0 amide bonds. The van der Waals surface area contributed by atoms with Crippen molar-refractivity contribution in [3.63, 3.8) is 0 Å². The minimum Gasteiger partial charge on any atom is -0.469 e. The summed E-state index contributed by atoms with van der Waals surface area (Å²) in [6.45, 7) is 3.95. The highest BCUT2D eigenvalue weighted by molar-refractivity contribution is 5.65. The van der Waals surface area contributed by atoms with Crippen LogP contribution in [-0.4, -0.2) is 0 Å². The van der Waals surface area contributed by atoms with Crippen molar-refractivity contribution in [2.75, 3.05) is 0 Å². The van der Waals surface area contributed by atoms with Gasteiger partial charge in [-0.3, -0.25) is 0 Å². The molecule has 2 rings (SSSR count). The SMILES string of the molecule is Cc1occc1-c1ccc(C(C)N)cc1. The molecule has 0 aliphatic heterocycles. The molecule has 0 saturated heterocycles. The van der Waals surface area contributed by atoms with Crippen molar-refractivity contribution in [2.24, 2.45) is 5.73 Å². The molecule has 2 nitrogen and oxygen atoms in total. The van der Waals surface area contributed by atoms with E-state index in [0.717, 1.165) is 16.9 Å². The van der Waals surface area contributed by atoms with Gasteiger partial charge in [0.15, 0.2) is 0 Å². The van der Waals surface area contributed by atoms with E-state index in [-0.39, 0.29) is 6.04 Å². The first-order chi connectivity index (χ1) is 7.18. The molecule has 1 atom stereocenters. The molecule has 0 bridgehead atoms. The Labute approximate surface area is 89.7 Å². The lowest BCUT2D eigenvalue weighted by molar-refractivity contribution is 0.535. The molecule has 1 aromatic carbocycles. The van der Waals surface area contributed by atoms with Gasteiger partial charge in [-0.15, -0.1) is 0 Å². The van der Waals surface area contributed by atoms with Gasteiger partial charge < -0.3 is 10.2 Å². The summed E-state index contributed by atoms with van der Waals surface area (Å²) in [7, 11) is 0. The zero-order valence-electron chi connectivity index (χ0n) is 9.03. The third kappa shape index (κ3) is 1.95. The van der Waals surface area contributed by atoms with Crippen LogP contribution in [0.25, 0.3) is 11.1 Å². The van der Waals surface area contributed by atoms with Crippen molar-refractivity contribution < 1.29 is 4.42 Å². The molecular weight excluding hydrogens is 186 g/mol. The summed E-state index contributed by atoms with van der Waals surface area (Å²) in [4.78, 5) is 0. The van der Waals surface area contributed by atoms with Crippen molar-refractivity contribution in [3.05, 3.63) is 47.9 Å². The lowest BCUT2D eigenvalue weighted by atomic mass is 10.0. The first-order valence-electron chi connectivity index (χ1n) is 5.08. The molecule has 1 heterocycles. The van der Waals surface area contributed by atoms with Gasteiger partial charge in [0.2, 0.25) is 0 Å². The molecule has 2 N–H and O–H groups in total. The van der Waals surface area contributed by atoms with Crippen LogP contribution in [0, 0.1) is 6.92 Å². The largest absolute Gasteiger partial charge is 0.469 e. The number of nitrogens with two attached hydrogens (primary N) is 1. The van der Waals surface area contributed by atoms with E-state index >= 15 is 0 Å². The van der Waals surface area contributed by atoms with Gasteiger partial charge in [0.05, 0.1) is 6.26 Å². The Kier molecular flexibility index (Phi) is 2.60. The fourth-order valence-corrected chi connectivity index (χ4v) is 1.65. The van der Waals surface area contributed by atoms with E-state index in [1.54, 1.807) is 6.26 Å². The quantitative estimate of drug-likeness (QED) is 0.809. The average molecular weight is 201 g/mol. The van der Waals surface area contributed by atoms with E-state index in [1.807, 2.05) is 19.9 Å². The smallest absolute Gasteiger partial charge is 0.108 e. The number of rotatable bonds is 2. The topological polar surface area (TPSA) is 39.2 Å². The van der Waals surface area contributed by atoms with Crippen LogP contribution in [0.3, 0.4) is 0 Å². The molecule has 2 heteroatoms. The molecule has 0 radical (unpaired) electrons. The molecule has 78 valence electrons. The first kappa shape index (κ1) is 9.99. The van der Waals surface area contributed by atoms with Crippen LogP contribution in [-0.2, 0) is 0 Å². The predicted octanol–water partition coefficient (Wildman–Crippen LogP) is 3.27. The van der Waals surface area contributed by atoms with Crippen molar-refractivity contribution in [1.82, 2.24) is 0 Å². The third-order valence-corrected chi connectivity index (χ3v) is 2.61. The normalized spacial score (nSPS) is 12.7. The van der Waals surface area contributed by atoms with Gasteiger partial charge in [0.25, 0.3) is 0 Å². The van der Waals surface area contributed by atoms with Gasteiger partial charge >= 0.3 is 0 Å². The van der Waals surface area contributed by atoms with E-state index in [9.17, 15) is 0 Å². The molecule has 0 spiro atoms. The number of furan rings is 1. The molecule has 0 fully saturated rings. The van der Waals surface area contributed by atoms with Gasteiger partial charge in [-0.1, -0.05) is 24.3 Å². The summed E-state index contributed by atoms with van der Waals surface area (Å²) < 4.78 is 5.27. The first-order valence-corrected chi connectivity index (χ1v) is 5.08. The van der Waals surface area contributed by atoms with E-state index in [2.05, 4.69) is 24.3 Å². The Balaban J connectivity index is 2.36. The zero-order chi connectivity index (χ0) is 10.8. The van der Waals surface area contributed by atoms with Crippen LogP contribution in [0.15, 0.2) is 41.0 Å². The van der Waals surface area contributed by atoms with E-state index in [0.29, 0.717) is 0 Å². The molecule has 0 aliphatic rings. The molecule has 0 aliphatic carbocycles. The standard InChI is InChI=1S/C13H15NO/c1-9(14)11-3-5-12(6-4-11)13-7-8-15-10(13)2/h3-9H,14H2,1-2H3. The van der Waals surface area contributed by atoms with Crippen LogP contribution >= 0.6 is 0 Å². The van der Waals surface area contributed by atoms with Crippen LogP contribution in [0.2, 0.25) is 0 Å². The Morgan fingerprint density at radius 1 is 1.13 bits per heavy atom. The molecule has 1 aromatic heterocycles. The fourth-order valence-electron chi connectivity index (χ4n) is 1.65. The predicted molar refractivity (Wildman–Crippen MR) is 61.5 cm³/mol. The maximum atomic E-state index is 5.79. The van der Waals surface area contributed by atoms with Gasteiger partial charge in [-0.2, -0.15) is 0 Å². The Hall–Kier alpha value is -1.54. The second-order valence-electron chi connectivity index (χ2n) is 3.80. The average Bonchev–Trinajstić information content (AvgIpc) is 2.65. The molecule has 2 aromatic rings. The van der Waals surface area contributed by atoms with E-state index < -0.39 is 0 Å². The van der Waals surface area contributed by atoms with Gasteiger partial charge in [0.1, 0.15) is 5.76 Å². The van der Waals surface area contributed by atoms with E-state index in [4.69, 9.17) is 10.2 Å². The maximum absolute atomic E-state index is 5.79. The second kappa shape index (κ2) is 3.91. The van der Waals surface area contributed by atoms with Crippen molar-refractivity contribution in [3.8, 4) is 11.1 Å². The Morgan fingerprint density at radius 2 is 1.80 bits per heavy atom. The molecule has 0 saturated carbocycles. The Morgan fingerprint density at radius 3 is 2.27 bits per heavy atom. The summed E-state index contributed by atoms with van der Waals surface area (Å²) in [5, 5.41) is 0. The highest BCUT2D eigenvalue weighted by Gasteiger charge is 2.05. The maximum Gasteiger partial charge on any atom is 0.108 e. The number of aryl methyl sites for hydroxylation is 1. The number of hydrogen-bond donors (Lipinski definition) is 1. The fraction of sp³-hybridized carbons (Fsp3) is 0.231. The van der Waals surface area contributed by atoms with Crippen LogP contribution in [0.5, 0.6) is 0 Å². The molecular formula is C13H15NO. The van der Waals surface area contributed by atoms with Crippen molar-refractivity contribution >= 4 is 0 Å². The van der Waals surface area contributed by atoms with Gasteiger partial charge in [0, 0.05) is 11.6 Å². The molecule has 15 heavy (non-hydrogen) atoms. The number of hydrogen-bond acceptors (Lipinski definition) is 2. The van der Waals surface area contributed by atoms with E-state index in [1.165, 1.54) is 5.56 Å². The minimum atomic E-state index is 0.0875. The lowest BCUT2D eigenvalue weighted by Gasteiger charge is -2.06. The van der Waals surface area contributed by atoms with Crippen molar-refractivity contribution in [1.29, 1.82) is 0 Å². The molecule has 1 unspecified atom stereocenters. The van der Waals surface area contributed by atoms with Gasteiger partial charge in [-0.05, 0) is 31.0 Å². The van der Waals surface area contributed by atoms with Crippen LogP contribution < -0.4 is 5.73 Å². The van der Waals surface area contributed by atoms with Gasteiger partial charge in [-0.25, -0.2) is 0 Å². The summed E-state index contributed by atoms with van der Waals surface area (Å²) >= 11 is 0. The minimum absolute atomic E-state index is 0.0875. The third-order valence-electron chi connectivity index (χ3n) is 2.61.